The molecule has 1 N–H and O–H groups in total. The van der Waals surface area contributed by atoms with E-state index in [1.54, 1.807) is 11.8 Å². The molecule has 2 aromatic carbocycles. The molecule has 3 aromatic rings. The fraction of sp³-hybridized carbons (Fsp3) is 0.111. The Morgan fingerprint density at radius 1 is 1.00 bits per heavy atom. The van der Waals surface area contributed by atoms with Crippen LogP contribution in [0.3, 0.4) is 0 Å². The first-order chi connectivity index (χ1) is 12.1. The number of nitrogens with one attached hydrogen (secondary N) is 1. The van der Waals surface area contributed by atoms with Gasteiger partial charge in [-0.05, 0) is 31.2 Å². The Balaban J connectivity index is 1.82. The van der Waals surface area contributed by atoms with Crippen molar-refractivity contribution < 1.29 is 4.79 Å². The van der Waals surface area contributed by atoms with Crippen molar-refractivity contribution in [1.29, 1.82) is 0 Å². The van der Waals surface area contributed by atoms with Gasteiger partial charge in [-0.2, -0.15) is 0 Å². The lowest BCUT2D eigenvalue weighted by atomic mass is 10.2. The van der Waals surface area contributed by atoms with E-state index in [1.165, 1.54) is 0 Å². The van der Waals surface area contributed by atoms with E-state index in [9.17, 15) is 9.59 Å². The molecule has 0 saturated carbocycles. The van der Waals surface area contributed by atoms with Gasteiger partial charge in [0, 0.05) is 11.4 Å². The summed E-state index contributed by atoms with van der Waals surface area (Å²) in [5.41, 5.74) is 1.56. The molecule has 0 aliphatic carbocycles. The van der Waals surface area contributed by atoms with E-state index in [0.29, 0.717) is 10.9 Å². The van der Waals surface area contributed by atoms with Crippen LogP contribution in [0.15, 0.2) is 70.6 Å². The average Bonchev–Trinajstić information content (AvgIpc) is 2.65. The highest BCUT2D eigenvalue weighted by molar-refractivity contribution is 7.99. The molecule has 0 aliphatic heterocycles. The number of thioether (sulfide) groups is 1. The Kier molecular flexibility index (Phi) is 5.25. The van der Waals surface area contributed by atoms with Gasteiger partial charge in [-0.3, -0.25) is 19.5 Å². The zero-order valence-corrected chi connectivity index (χ0v) is 14.4. The molecule has 25 heavy (non-hydrogen) atoms. The molecule has 0 aliphatic rings. The quantitative estimate of drug-likeness (QED) is 0.714. The molecule has 1 heterocycles. The second-order valence-corrected chi connectivity index (χ2v) is 6.20. The van der Waals surface area contributed by atoms with Crippen LogP contribution in [0.1, 0.15) is 5.69 Å². The highest BCUT2D eigenvalue weighted by Crippen LogP contribution is 2.26. The third-order valence-corrected chi connectivity index (χ3v) is 4.30. The van der Waals surface area contributed by atoms with E-state index in [2.05, 4.69) is 15.2 Å². The lowest BCUT2D eigenvalue weighted by molar-refractivity contribution is -0.115. The van der Waals surface area contributed by atoms with Crippen molar-refractivity contribution in [1.82, 2.24) is 15.2 Å². The number of amides is 1. The van der Waals surface area contributed by atoms with Crippen molar-refractivity contribution in [3.63, 3.8) is 0 Å². The van der Waals surface area contributed by atoms with Crippen LogP contribution in [0.2, 0.25) is 0 Å². The highest BCUT2D eigenvalue weighted by Gasteiger charge is 2.18. The number of carbonyl (C=O) groups is 1. The largest absolute Gasteiger partial charge is 0.298 e. The number of H-pyrrole nitrogens is 1. The van der Waals surface area contributed by atoms with Crippen molar-refractivity contribution in [3.8, 4) is 0 Å². The molecule has 3 rings (SSSR count). The van der Waals surface area contributed by atoms with E-state index in [1.807, 2.05) is 60.7 Å². The molecular formula is C18H16N4O2S. The molecule has 0 unspecified atom stereocenters. The number of anilines is 2. The average molecular weight is 352 g/mol. The second kappa shape index (κ2) is 7.76. The van der Waals surface area contributed by atoms with Gasteiger partial charge in [-0.1, -0.05) is 48.2 Å². The number of aromatic nitrogens is 3. The summed E-state index contributed by atoms with van der Waals surface area (Å²) in [5, 5.41) is 8.00. The van der Waals surface area contributed by atoms with Gasteiger partial charge in [0.2, 0.25) is 5.91 Å². The third-order valence-electron chi connectivity index (χ3n) is 3.45. The lowest BCUT2D eigenvalue weighted by Crippen LogP contribution is -2.27. The number of hydrogen-bond acceptors (Lipinski definition) is 5. The fourth-order valence-corrected chi connectivity index (χ4v) is 2.88. The molecule has 0 spiro atoms. The molecular weight excluding hydrogens is 336 g/mol. The summed E-state index contributed by atoms with van der Waals surface area (Å²) in [6.07, 6.45) is 0. The maximum absolute atomic E-state index is 12.8. The fourth-order valence-electron chi connectivity index (χ4n) is 2.23. The Hall–Kier alpha value is -2.93. The smallest absolute Gasteiger partial charge is 0.273 e. The van der Waals surface area contributed by atoms with Crippen LogP contribution in [-0.4, -0.2) is 26.8 Å². The number of hydrogen-bond donors (Lipinski definition) is 1. The van der Waals surface area contributed by atoms with Crippen molar-refractivity contribution in [2.24, 2.45) is 0 Å². The van der Waals surface area contributed by atoms with Crippen LogP contribution in [0, 0.1) is 6.92 Å². The summed E-state index contributed by atoms with van der Waals surface area (Å²) < 4.78 is 0. The van der Waals surface area contributed by atoms with Gasteiger partial charge in [0.05, 0.1) is 5.75 Å². The van der Waals surface area contributed by atoms with Crippen LogP contribution < -0.4 is 10.5 Å². The summed E-state index contributed by atoms with van der Waals surface area (Å²) in [4.78, 5) is 28.7. The predicted octanol–water partition coefficient (Wildman–Crippen LogP) is 2.93. The molecule has 0 radical (unpaired) electrons. The first-order valence-electron chi connectivity index (χ1n) is 7.64. The van der Waals surface area contributed by atoms with Crippen LogP contribution >= 0.6 is 11.8 Å². The van der Waals surface area contributed by atoms with Gasteiger partial charge in [-0.25, -0.2) is 0 Å². The van der Waals surface area contributed by atoms with E-state index < -0.39 is 0 Å². The molecule has 1 aromatic heterocycles. The zero-order valence-electron chi connectivity index (χ0n) is 13.5. The zero-order chi connectivity index (χ0) is 17.6. The van der Waals surface area contributed by atoms with Crippen LogP contribution in [0.4, 0.5) is 11.4 Å². The van der Waals surface area contributed by atoms with Gasteiger partial charge < -0.3 is 0 Å². The summed E-state index contributed by atoms with van der Waals surface area (Å²) in [7, 11) is 0. The first kappa shape index (κ1) is 16.9. The van der Waals surface area contributed by atoms with E-state index in [0.717, 1.165) is 23.1 Å². The minimum absolute atomic E-state index is 0.120. The van der Waals surface area contributed by atoms with E-state index in [4.69, 9.17) is 0 Å². The number of nitrogens with zero attached hydrogens (tertiary/aromatic N) is 3. The maximum Gasteiger partial charge on any atom is 0.273 e. The Labute approximate surface area is 148 Å². The predicted molar refractivity (Wildman–Crippen MR) is 98.1 cm³/mol. The molecule has 0 fully saturated rings. The van der Waals surface area contributed by atoms with Crippen LogP contribution in [0.25, 0.3) is 0 Å². The Morgan fingerprint density at radius 3 is 2.08 bits per heavy atom. The number of aromatic amines is 1. The number of carbonyl (C=O) groups excluding carboxylic acids is 1. The van der Waals surface area contributed by atoms with Gasteiger partial charge in [0.25, 0.3) is 5.56 Å². The second-order valence-electron chi connectivity index (χ2n) is 5.23. The molecule has 0 bridgehead atoms. The van der Waals surface area contributed by atoms with Gasteiger partial charge in [0.1, 0.15) is 5.69 Å². The normalized spacial score (nSPS) is 10.4. The number of aryl methyl sites for hydroxylation is 1. The summed E-state index contributed by atoms with van der Waals surface area (Å²) in [6, 6.07) is 18.8. The van der Waals surface area contributed by atoms with Crippen molar-refractivity contribution in [2.45, 2.75) is 12.1 Å². The lowest BCUT2D eigenvalue weighted by Gasteiger charge is -2.22. The number of benzene rings is 2. The van der Waals surface area contributed by atoms with Gasteiger partial charge in [-0.15, -0.1) is 10.2 Å². The Morgan fingerprint density at radius 2 is 1.56 bits per heavy atom. The summed E-state index contributed by atoms with van der Waals surface area (Å²) in [5.74, 6) is 0.00270. The summed E-state index contributed by atoms with van der Waals surface area (Å²) in [6.45, 7) is 1.58. The van der Waals surface area contributed by atoms with Crippen molar-refractivity contribution in [2.75, 3.05) is 10.7 Å². The number of para-hydroxylation sites is 2. The van der Waals surface area contributed by atoms with E-state index in [-0.39, 0.29) is 17.2 Å². The minimum Gasteiger partial charge on any atom is -0.298 e. The monoisotopic (exact) mass is 352 g/mol. The molecule has 6 nitrogen and oxygen atoms in total. The highest BCUT2D eigenvalue weighted by atomic mass is 32.2. The van der Waals surface area contributed by atoms with Crippen LogP contribution in [0.5, 0.6) is 0 Å². The standard InChI is InChI=1S/C18H16N4O2S/c1-13-17(24)19-18(21-20-13)25-12-16(23)22(14-8-4-2-5-9-14)15-10-6-3-7-11-15/h2-11H,12H2,1H3,(H,19,21,24). The van der Waals surface area contributed by atoms with Crippen LogP contribution in [-0.2, 0) is 4.79 Å². The molecule has 7 heteroatoms. The molecule has 1 amide bonds. The SMILES string of the molecule is Cc1nnc(SCC(=O)N(c2ccccc2)c2ccccc2)[nH]c1=O. The van der Waals surface area contributed by atoms with E-state index >= 15 is 0 Å². The van der Waals surface area contributed by atoms with Gasteiger partial charge in [0.15, 0.2) is 5.16 Å². The maximum atomic E-state index is 12.8. The van der Waals surface area contributed by atoms with Crippen molar-refractivity contribution >= 4 is 29.0 Å². The molecule has 126 valence electrons. The molecule has 0 saturated heterocycles. The first-order valence-corrected chi connectivity index (χ1v) is 8.63. The Bertz CT molecular complexity index is 874. The third kappa shape index (κ3) is 4.13. The number of rotatable bonds is 5. The van der Waals surface area contributed by atoms with Gasteiger partial charge >= 0.3 is 0 Å². The topological polar surface area (TPSA) is 79.0 Å². The molecule has 0 atom stereocenters. The summed E-state index contributed by atoms with van der Waals surface area (Å²) >= 11 is 1.15. The minimum atomic E-state index is -0.298. The van der Waals surface area contributed by atoms with Crippen molar-refractivity contribution in [3.05, 3.63) is 76.7 Å².